The van der Waals surface area contributed by atoms with Crippen molar-refractivity contribution in [2.24, 2.45) is 0 Å². The molecule has 0 atom stereocenters. The van der Waals surface area contributed by atoms with Crippen LogP contribution in [-0.2, 0) is 4.79 Å². The van der Waals surface area contributed by atoms with Crippen LogP contribution in [0.3, 0.4) is 0 Å². The number of aromatic nitrogens is 2. The van der Waals surface area contributed by atoms with Gasteiger partial charge in [0.25, 0.3) is 0 Å². The van der Waals surface area contributed by atoms with E-state index in [1.165, 1.54) is 44.6 Å². The van der Waals surface area contributed by atoms with Crippen LogP contribution >= 0.6 is 23.2 Å². The van der Waals surface area contributed by atoms with Crippen LogP contribution in [0.15, 0.2) is 55.4 Å². The highest BCUT2D eigenvalue weighted by molar-refractivity contribution is 6.41. The van der Waals surface area contributed by atoms with Crippen molar-refractivity contribution in [3.63, 3.8) is 0 Å². The third kappa shape index (κ3) is 5.22. The van der Waals surface area contributed by atoms with E-state index in [0.29, 0.717) is 16.9 Å². The SMILES string of the molecule is C=CC(=O)Nc1ccccc1-c1cc(N(C)C(=O)Nc2c(Cl)c(OC)cc(OC)c2Cl)ncn1. The molecule has 0 unspecified atom stereocenters. The Kier molecular flexibility index (Phi) is 7.93. The van der Waals surface area contributed by atoms with Gasteiger partial charge in [-0.15, -0.1) is 0 Å². The first kappa shape index (κ1) is 24.8. The summed E-state index contributed by atoms with van der Waals surface area (Å²) in [7, 11) is 4.39. The Hall–Kier alpha value is -3.82. The number of anilines is 3. The van der Waals surface area contributed by atoms with Crippen molar-refractivity contribution < 1.29 is 19.1 Å². The summed E-state index contributed by atoms with van der Waals surface area (Å²) in [4.78, 5) is 34.5. The van der Waals surface area contributed by atoms with Gasteiger partial charge in [-0.1, -0.05) is 48.0 Å². The van der Waals surface area contributed by atoms with E-state index in [4.69, 9.17) is 32.7 Å². The maximum atomic E-state index is 13.0. The number of rotatable bonds is 7. The molecular formula is C23H21Cl2N5O4. The molecule has 2 aromatic carbocycles. The van der Waals surface area contributed by atoms with Crippen molar-refractivity contribution in [2.75, 3.05) is 36.8 Å². The number of para-hydroxylation sites is 1. The summed E-state index contributed by atoms with van der Waals surface area (Å²) in [6.45, 7) is 3.46. The van der Waals surface area contributed by atoms with Crippen LogP contribution in [0, 0.1) is 0 Å². The molecule has 3 aromatic rings. The molecule has 0 aliphatic rings. The normalized spacial score (nSPS) is 10.3. The van der Waals surface area contributed by atoms with E-state index < -0.39 is 6.03 Å². The minimum absolute atomic E-state index is 0.116. The lowest BCUT2D eigenvalue weighted by Crippen LogP contribution is -2.32. The lowest BCUT2D eigenvalue weighted by atomic mass is 10.1. The Morgan fingerprint density at radius 2 is 1.68 bits per heavy atom. The molecule has 0 bridgehead atoms. The second-order valence-corrected chi connectivity index (χ2v) is 7.53. The molecule has 0 radical (unpaired) electrons. The number of benzene rings is 2. The molecule has 34 heavy (non-hydrogen) atoms. The molecule has 0 aliphatic carbocycles. The third-order valence-corrected chi connectivity index (χ3v) is 5.50. The largest absolute Gasteiger partial charge is 0.495 e. The molecule has 3 rings (SSSR count). The number of carbonyl (C=O) groups excluding carboxylic acids is 2. The van der Waals surface area contributed by atoms with Crippen molar-refractivity contribution in [1.82, 2.24) is 9.97 Å². The summed E-state index contributed by atoms with van der Waals surface area (Å²) < 4.78 is 10.5. The van der Waals surface area contributed by atoms with Crippen molar-refractivity contribution in [3.05, 3.63) is 65.4 Å². The summed E-state index contributed by atoms with van der Waals surface area (Å²) in [5, 5.41) is 5.63. The van der Waals surface area contributed by atoms with E-state index >= 15 is 0 Å². The van der Waals surface area contributed by atoms with Gasteiger partial charge in [-0.05, 0) is 12.1 Å². The highest BCUT2D eigenvalue weighted by Gasteiger charge is 2.22. The zero-order chi connectivity index (χ0) is 24.8. The zero-order valence-corrected chi connectivity index (χ0v) is 20.1. The van der Waals surface area contributed by atoms with E-state index in [1.54, 1.807) is 30.3 Å². The molecule has 176 valence electrons. The van der Waals surface area contributed by atoms with Gasteiger partial charge < -0.3 is 20.1 Å². The number of halogens is 2. The van der Waals surface area contributed by atoms with E-state index in [-0.39, 0.29) is 39.0 Å². The molecule has 2 N–H and O–H groups in total. The van der Waals surface area contributed by atoms with E-state index in [9.17, 15) is 9.59 Å². The zero-order valence-electron chi connectivity index (χ0n) is 18.6. The van der Waals surface area contributed by atoms with Crippen molar-refractivity contribution in [3.8, 4) is 22.8 Å². The topological polar surface area (TPSA) is 106 Å². The number of amides is 3. The number of hydrogen-bond donors (Lipinski definition) is 2. The molecule has 1 aromatic heterocycles. The average molecular weight is 502 g/mol. The molecule has 3 amide bonds. The van der Waals surface area contributed by atoms with Gasteiger partial charge in [0.15, 0.2) is 0 Å². The fourth-order valence-electron chi connectivity index (χ4n) is 2.97. The first-order valence-corrected chi connectivity index (χ1v) is 10.6. The number of hydrogen-bond acceptors (Lipinski definition) is 6. The maximum Gasteiger partial charge on any atom is 0.327 e. The highest BCUT2D eigenvalue weighted by Crippen LogP contribution is 2.44. The molecule has 0 aliphatic heterocycles. The molecule has 0 fully saturated rings. The van der Waals surface area contributed by atoms with E-state index in [0.717, 1.165) is 0 Å². The van der Waals surface area contributed by atoms with Gasteiger partial charge >= 0.3 is 6.03 Å². The Bertz CT molecular complexity index is 1220. The highest BCUT2D eigenvalue weighted by atomic mass is 35.5. The van der Waals surface area contributed by atoms with Crippen LogP contribution in [0.2, 0.25) is 10.0 Å². The van der Waals surface area contributed by atoms with Crippen molar-refractivity contribution in [1.29, 1.82) is 0 Å². The molecule has 0 spiro atoms. The second kappa shape index (κ2) is 10.9. The van der Waals surface area contributed by atoms with Crippen molar-refractivity contribution >= 4 is 52.3 Å². The number of nitrogens with one attached hydrogen (secondary N) is 2. The Morgan fingerprint density at radius 3 is 2.29 bits per heavy atom. The van der Waals surface area contributed by atoms with Gasteiger partial charge in [0.05, 0.1) is 31.3 Å². The van der Waals surface area contributed by atoms with Crippen LogP contribution in [0.1, 0.15) is 0 Å². The molecule has 0 saturated carbocycles. The number of ether oxygens (including phenoxy) is 2. The van der Waals surface area contributed by atoms with Crippen molar-refractivity contribution in [2.45, 2.75) is 0 Å². The fourth-order valence-corrected chi connectivity index (χ4v) is 3.56. The van der Waals surface area contributed by atoms with Crippen LogP contribution in [0.4, 0.5) is 22.0 Å². The summed E-state index contributed by atoms with van der Waals surface area (Å²) in [5.41, 5.74) is 1.79. The Labute approximate surface area is 206 Å². The number of carbonyl (C=O) groups is 2. The van der Waals surface area contributed by atoms with Crippen LogP contribution < -0.4 is 25.0 Å². The van der Waals surface area contributed by atoms with Crippen LogP contribution in [0.25, 0.3) is 11.3 Å². The molecule has 0 saturated heterocycles. The third-order valence-electron chi connectivity index (χ3n) is 4.75. The predicted molar refractivity (Wildman–Crippen MR) is 133 cm³/mol. The summed E-state index contributed by atoms with van der Waals surface area (Å²) in [5.74, 6) is 0.488. The van der Waals surface area contributed by atoms with Gasteiger partial charge in [0.1, 0.15) is 33.7 Å². The Morgan fingerprint density at radius 1 is 1.03 bits per heavy atom. The van der Waals surface area contributed by atoms with Crippen LogP contribution in [0.5, 0.6) is 11.5 Å². The van der Waals surface area contributed by atoms with Crippen LogP contribution in [-0.4, -0.2) is 43.2 Å². The average Bonchev–Trinajstić information content (AvgIpc) is 2.86. The maximum absolute atomic E-state index is 13.0. The lowest BCUT2D eigenvalue weighted by molar-refractivity contribution is -0.111. The van der Waals surface area contributed by atoms with Gasteiger partial charge in [0.2, 0.25) is 5.91 Å². The number of methoxy groups -OCH3 is 2. The monoisotopic (exact) mass is 501 g/mol. The lowest BCUT2D eigenvalue weighted by Gasteiger charge is -2.20. The van der Waals surface area contributed by atoms with E-state index in [2.05, 4.69) is 27.2 Å². The first-order chi connectivity index (χ1) is 16.3. The molecule has 9 nitrogen and oxygen atoms in total. The Balaban J connectivity index is 1.91. The van der Waals surface area contributed by atoms with Gasteiger partial charge in [-0.2, -0.15) is 0 Å². The first-order valence-electron chi connectivity index (χ1n) is 9.80. The summed E-state index contributed by atoms with van der Waals surface area (Å²) in [6, 6.07) is 9.65. The van der Waals surface area contributed by atoms with Gasteiger partial charge in [-0.3, -0.25) is 9.69 Å². The molecule has 11 heteroatoms. The fraction of sp³-hybridized carbons (Fsp3) is 0.130. The molecule has 1 heterocycles. The summed E-state index contributed by atoms with van der Waals surface area (Å²) >= 11 is 12.7. The number of urea groups is 1. The minimum atomic E-state index is -0.572. The predicted octanol–water partition coefficient (Wildman–Crippen LogP) is 5.26. The summed E-state index contributed by atoms with van der Waals surface area (Å²) in [6.07, 6.45) is 2.49. The molecular weight excluding hydrogens is 481 g/mol. The standard InChI is InChI=1S/C23H21Cl2N5O4/c1-5-19(31)28-14-9-7-6-8-13(14)15-10-18(27-12-26-15)30(2)23(32)29-22-20(24)16(33-3)11-17(34-4)21(22)25/h5-12H,1H2,2-4H3,(H,28,31)(H,29,32). The smallest absolute Gasteiger partial charge is 0.327 e. The second-order valence-electron chi connectivity index (χ2n) is 6.77. The minimum Gasteiger partial charge on any atom is -0.495 e. The van der Waals surface area contributed by atoms with Gasteiger partial charge in [0, 0.05) is 24.7 Å². The van der Waals surface area contributed by atoms with Gasteiger partial charge in [-0.25, -0.2) is 14.8 Å². The number of nitrogens with zero attached hydrogens (tertiary/aromatic N) is 3. The van der Waals surface area contributed by atoms with E-state index in [1.807, 2.05) is 0 Å². The quantitative estimate of drug-likeness (QED) is 0.427.